The van der Waals surface area contributed by atoms with Gasteiger partial charge in [0.2, 0.25) is 0 Å². The molecule has 1 aromatic rings. The molecular weight excluding hydrogens is 142 g/mol. The first-order chi connectivity index (χ1) is 5.43. The number of nitrogens with one attached hydrogen (secondary N) is 1. The zero-order valence-corrected chi connectivity index (χ0v) is 6.67. The second-order valence-corrected chi connectivity index (χ2v) is 2.24. The van der Waals surface area contributed by atoms with Crippen LogP contribution in [0, 0.1) is 0 Å². The maximum atomic E-state index is 5.14. The normalized spacial score (nSPS) is 10.3. The Morgan fingerprint density at radius 2 is 2.55 bits per heavy atom. The molecule has 0 aliphatic carbocycles. The lowest BCUT2D eigenvalue weighted by Crippen LogP contribution is -2.08. The molecule has 0 saturated carbocycles. The van der Waals surface area contributed by atoms with E-state index in [2.05, 4.69) is 5.48 Å². The summed E-state index contributed by atoms with van der Waals surface area (Å²) < 4.78 is 5.14. The van der Waals surface area contributed by atoms with Gasteiger partial charge in [-0.3, -0.25) is 0 Å². The van der Waals surface area contributed by atoms with Crippen LogP contribution in [0.25, 0.3) is 0 Å². The Morgan fingerprint density at radius 3 is 3.18 bits per heavy atom. The van der Waals surface area contributed by atoms with Gasteiger partial charge >= 0.3 is 0 Å². The van der Waals surface area contributed by atoms with Crippen molar-refractivity contribution in [3.63, 3.8) is 0 Å². The van der Waals surface area contributed by atoms with Crippen molar-refractivity contribution in [2.24, 2.45) is 0 Å². The molecule has 0 saturated heterocycles. The lowest BCUT2D eigenvalue weighted by atomic mass is 10.3. The van der Waals surface area contributed by atoms with Gasteiger partial charge in [0.15, 0.2) is 0 Å². The minimum absolute atomic E-state index is 0.719. The SMILES string of the molecule is CNOCCCc1ccco1. The first-order valence-corrected chi connectivity index (χ1v) is 3.74. The van der Waals surface area contributed by atoms with Crippen LogP contribution in [0.4, 0.5) is 0 Å². The van der Waals surface area contributed by atoms with E-state index in [0.29, 0.717) is 0 Å². The van der Waals surface area contributed by atoms with Gasteiger partial charge in [-0.1, -0.05) is 0 Å². The summed E-state index contributed by atoms with van der Waals surface area (Å²) in [6.45, 7) is 0.719. The Labute approximate surface area is 66.3 Å². The molecule has 0 bridgehead atoms. The van der Waals surface area contributed by atoms with Gasteiger partial charge in [0.05, 0.1) is 12.9 Å². The van der Waals surface area contributed by atoms with Crippen molar-refractivity contribution in [3.05, 3.63) is 24.2 Å². The quantitative estimate of drug-likeness (QED) is 0.515. The van der Waals surface area contributed by atoms with Gasteiger partial charge in [-0.25, -0.2) is 5.48 Å². The molecule has 0 unspecified atom stereocenters. The van der Waals surface area contributed by atoms with E-state index in [-0.39, 0.29) is 0 Å². The van der Waals surface area contributed by atoms with E-state index in [1.54, 1.807) is 13.3 Å². The molecule has 0 atom stereocenters. The van der Waals surface area contributed by atoms with Gasteiger partial charge < -0.3 is 9.25 Å². The van der Waals surface area contributed by atoms with Crippen LogP contribution in [-0.2, 0) is 11.3 Å². The fraction of sp³-hybridized carbons (Fsp3) is 0.500. The summed E-state index contributed by atoms with van der Waals surface area (Å²) in [7, 11) is 1.76. The van der Waals surface area contributed by atoms with E-state index < -0.39 is 0 Å². The minimum atomic E-state index is 0.719. The first kappa shape index (κ1) is 8.30. The van der Waals surface area contributed by atoms with Crippen LogP contribution in [0.2, 0.25) is 0 Å². The second-order valence-electron chi connectivity index (χ2n) is 2.24. The summed E-state index contributed by atoms with van der Waals surface area (Å²) >= 11 is 0. The lowest BCUT2D eigenvalue weighted by molar-refractivity contribution is 0.0558. The molecular formula is C8H13NO2. The Hall–Kier alpha value is -0.800. The molecule has 1 rings (SSSR count). The third-order valence-corrected chi connectivity index (χ3v) is 1.39. The van der Waals surface area contributed by atoms with E-state index in [1.165, 1.54) is 0 Å². The third-order valence-electron chi connectivity index (χ3n) is 1.39. The minimum Gasteiger partial charge on any atom is -0.469 e. The molecule has 0 amide bonds. The summed E-state index contributed by atoms with van der Waals surface area (Å²) in [4.78, 5) is 4.94. The Kier molecular flexibility index (Phi) is 3.72. The maximum absolute atomic E-state index is 5.14. The largest absolute Gasteiger partial charge is 0.469 e. The predicted molar refractivity (Wildman–Crippen MR) is 42.0 cm³/mol. The average Bonchev–Trinajstić information content (AvgIpc) is 2.50. The number of furan rings is 1. The highest BCUT2D eigenvalue weighted by molar-refractivity contribution is 4.97. The molecule has 0 aliphatic rings. The zero-order chi connectivity index (χ0) is 7.94. The summed E-state index contributed by atoms with van der Waals surface area (Å²) in [5.41, 5.74) is 2.62. The van der Waals surface area contributed by atoms with Crippen LogP contribution in [-0.4, -0.2) is 13.7 Å². The standard InChI is InChI=1S/C8H13NO2/c1-9-11-7-3-5-8-4-2-6-10-8/h2,4,6,9H,3,5,7H2,1H3. The smallest absolute Gasteiger partial charge is 0.103 e. The Bertz CT molecular complexity index is 172. The molecule has 0 aliphatic heterocycles. The topological polar surface area (TPSA) is 34.4 Å². The van der Waals surface area contributed by atoms with Crippen molar-refractivity contribution in [1.29, 1.82) is 0 Å². The molecule has 3 nitrogen and oxygen atoms in total. The van der Waals surface area contributed by atoms with Crippen LogP contribution >= 0.6 is 0 Å². The van der Waals surface area contributed by atoms with Gasteiger partial charge in [0.25, 0.3) is 0 Å². The summed E-state index contributed by atoms with van der Waals surface area (Å²) in [5, 5.41) is 0. The fourth-order valence-corrected chi connectivity index (χ4v) is 0.875. The molecule has 0 spiro atoms. The third kappa shape index (κ3) is 3.20. The highest BCUT2D eigenvalue weighted by Crippen LogP contribution is 2.02. The van der Waals surface area contributed by atoms with Gasteiger partial charge in [-0.15, -0.1) is 0 Å². The molecule has 3 heteroatoms. The average molecular weight is 155 g/mol. The van der Waals surface area contributed by atoms with E-state index in [0.717, 1.165) is 25.2 Å². The highest BCUT2D eigenvalue weighted by atomic mass is 16.6. The molecule has 1 heterocycles. The van der Waals surface area contributed by atoms with E-state index in [1.807, 2.05) is 12.1 Å². The van der Waals surface area contributed by atoms with Crippen molar-refractivity contribution in [3.8, 4) is 0 Å². The van der Waals surface area contributed by atoms with Gasteiger partial charge in [-0.05, 0) is 18.6 Å². The van der Waals surface area contributed by atoms with Gasteiger partial charge in [-0.2, -0.15) is 0 Å². The van der Waals surface area contributed by atoms with Gasteiger partial charge in [0.1, 0.15) is 5.76 Å². The van der Waals surface area contributed by atoms with Crippen molar-refractivity contribution in [2.75, 3.05) is 13.7 Å². The van der Waals surface area contributed by atoms with Crippen LogP contribution in [0.5, 0.6) is 0 Å². The Morgan fingerprint density at radius 1 is 1.64 bits per heavy atom. The Balaban J connectivity index is 2.04. The summed E-state index contributed by atoms with van der Waals surface area (Å²) in [5.74, 6) is 1.02. The van der Waals surface area contributed by atoms with Gasteiger partial charge in [0, 0.05) is 13.5 Å². The van der Waals surface area contributed by atoms with Crippen LogP contribution in [0.3, 0.4) is 0 Å². The number of hydrogen-bond acceptors (Lipinski definition) is 3. The number of hydroxylamine groups is 1. The van der Waals surface area contributed by atoms with Crippen molar-refractivity contribution >= 4 is 0 Å². The molecule has 62 valence electrons. The molecule has 0 fully saturated rings. The first-order valence-electron chi connectivity index (χ1n) is 3.74. The molecule has 0 radical (unpaired) electrons. The monoisotopic (exact) mass is 155 g/mol. The predicted octanol–water partition coefficient (Wildman–Crippen LogP) is 1.36. The summed E-state index contributed by atoms with van der Waals surface area (Å²) in [6.07, 6.45) is 3.61. The van der Waals surface area contributed by atoms with Crippen molar-refractivity contribution in [2.45, 2.75) is 12.8 Å². The lowest BCUT2D eigenvalue weighted by Gasteiger charge is -1.98. The zero-order valence-electron chi connectivity index (χ0n) is 6.67. The van der Waals surface area contributed by atoms with Crippen LogP contribution in [0.15, 0.2) is 22.8 Å². The molecule has 11 heavy (non-hydrogen) atoms. The van der Waals surface area contributed by atoms with Crippen LogP contribution in [0.1, 0.15) is 12.2 Å². The molecule has 1 N–H and O–H groups in total. The van der Waals surface area contributed by atoms with Crippen molar-refractivity contribution < 1.29 is 9.25 Å². The second kappa shape index (κ2) is 4.93. The van der Waals surface area contributed by atoms with Crippen LogP contribution < -0.4 is 5.48 Å². The number of hydrogen-bond donors (Lipinski definition) is 1. The molecule has 1 aromatic heterocycles. The van der Waals surface area contributed by atoms with Crippen molar-refractivity contribution in [1.82, 2.24) is 5.48 Å². The molecule has 0 aromatic carbocycles. The highest BCUT2D eigenvalue weighted by Gasteiger charge is 1.93. The number of aryl methyl sites for hydroxylation is 1. The number of rotatable bonds is 5. The van der Waals surface area contributed by atoms with E-state index in [4.69, 9.17) is 9.25 Å². The maximum Gasteiger partial charge on any atom is 0.103 e. The van der Waals surface area contributed by atoms with E-state index >= 15 is 0 Å². The summed E-state index contributed by atoms with van der Waals surface area (Å²) in [6, 6.07) is 3.87. The fourth-order valence-electron chi connectivity index (χ4n) is 0.875. The van der Waals surface area contributed by atoms with E-state index in [9.17, 15) is 0 Å².